The topological polar surface area (TPSA) is 75.4 Å². The highest BCUT2D eigenvalue weighted by molar-refractivity contribution is 5.85. The summed E-state index contributed by atoms with van der Waals surface area (Å²) >= 11 is 0. The first kappa shape index (κ1) is 20.5. The molecule has 1 unspecified atom stereocenters. The summed E-state index contributed by atoms with van der Waals surface area (Å²) in [6.07, 6.45) is 3.75. The average Bonchev–Trinajstić information content (AvgIpc) is 2.55. The van der Waals surface area contributed by atoms with E-state index >= 15 is 0 Å². The largest absolute Gasteiger partial charge is 0.352 e. The maximum absolute atomic E-state index is 12.5. The third kappa shape index (κ3) is 6.13. The molecule has 134 valence electrons. The van der Waals surface area contributed by atoms with Crippen molar-refractivity contribution in [3.8, 4) is 0 Å². The van der Waals surface area contributed by atoms with Gasteiger partial charge in [-0.1, -0.05) is 37.3 Å². The molecule has 0 saturated carbocycles. The predicted molar refractivity (Wildman–Crippen MR) is 98.0 cm³/mol. The number of amides is 2. The lowest BCUT2D eigenvalue weighted by atomic mass is 10.0. The van der Waals surface area contributed by atoms with Crippen LogP contribution in [0.5, 0.6) is 0 Å². The third-order valence-corrected chi connectivity index (χ3v) is 4.19. The Morgan fingerprint density at radius 3 is 2.71 bits per heavy atom. The van der Waals surface area contributed by atoms with E-state index in [0.717, 1.165) is 31.4 Å². The van der Waals surface area contributed by atoms with Crippen molar-refractivity contribution in [2.24, 2.45) is 5.73 Å². The molecule has 1 heterocycles. The summed E-state index contributed by atoms with van der Waals surface area (Å²) in [6, 6.07) is 9.34. The van der Waals surface area contributed by atoms with E-state index < -0.39 is 6.04 Å². The van der Waals surface area contributed by atoms with Gasteiger partial charge >= 0.3 is 0 Å². The van der Waals surface area contributed by atoms with Gasteiger partial charge in [-0.25, -0.2) is 0 Å². The Bertz CT molecular complexity index is 524. The fourth-order valence-corrected chi connectivity index (χ4v) is 3.01. The second-order valence-corrected chi connectivity index (χ2v) is 6.24. The van der Waals surface area contributed by atoms with Crippen LogP contribution in [0.25, 0.3) is 0 Å². The van der Waals surface area contributed by atoms with Crippen molar-refractivity contribution in [3.05, 3.63) is 35.9 Å². The van der Waals surface area contributed by atoms with E-state index in [-0.39, 0.29) is 30.3 Å². The summed E-state index contributed by atoms with van der Waals surface area (Å²) < 4.78 is 0. The summed E-state index contributed by atoms with van der Waals surface area (Å²) in [5.41, 5.74) is 7.16. The number of hydrogen-bond donors (Lipinski definition) is 2. The average molecular weight is 354 g/mol. The highest BCUT2D eigenvalue weighted by Crippen LogP contribution is 2.13. The second kappa shape index (κ2) is 10.3. The molecule has 1 aliphatic rings. The summed E-state index contributed by atoms with van der Waals surface area (Å²) in [4.78, 5) is 26.1. The number of piperidine rings is 1. The standard InChI is InChI=1S/C18H27N3O2.ClH/c1-2-7-17(22)20-15-10-6-11-21(13-15)18(23)16(19)12-14-8-4-3-5-9-14;/h3-5,8-9,15-16H,2,6-7,10-13,19H2,1H3,(H,20,22);1H/t15?,16-;/m0./s1. The molecule has 3 N–H and O–H groups in total. The number of benzene rings is 1. The van der Waals surface area contributed by atoms with E-state index in [2.05, 4.69) is 5.32 Å². The lowest BCUT2D eigenvalue weighted by Gasteiger charge is -2.34. The number of carbonyl (C=O) groups is 2. The Hall–Kier alpha value is -1.59. The van der Waals surface area contributed by atoms with Crippen LogP contribution in [0.1, 0.15) is 38.2 Å². The zero-order valence-electron chi connectivity index (χ0n) is 14.2. The monoisotopic (exact) mass is 353 g/mol. The van der Waals surface area contributed by atoms with Crippen molar-refractivity contribution in [2.75, 3.05) is 13.1 Å². The normalized spacial score (nSPS) is 18.4. The molecule has 1 aromatic carbocycles. The van der Waals surface area contributed by atoms with Gasteiger partial charge in [0.05, 0.1) is 6.04 Å². The number of carbonyl (C=O) groups excluding carboxylic acids is 2. The first-order chi connectivity index (χ1) is 11.1. The highest BCUT2D eigenvalue weighted by atomic mass is 35.5. The van der Waals surface area contributed by atoms with Crippen LogP contribution in [0.2, 0.25) is 0 Å². The first-order valence-corrected chi connectivity index (χ1v) is 8.47. The first-order valence-electron chi connectivity index (χ1n) is 8.47. The van der Waals surface area contributed by atoms with Gasteiger partial charge in [0.1, 0.15) is 0 Å². The molecule has 2 rings (SSSR count). The minimum atomic E-state index is -0.525. The number of rotatable bonds is 6. The van der Waals surface area contributed by atoms with Crippen LogP contribution >= 0.6 is 12.4 Å². The van der Waals surface area contributed by atoms with Crippen molar-refractivity contribution in [1.82, 2.24) is 10.2 Å². The van der Waals surface area contributed by atoms with Gasteiger partial charge in [0.2, 0.25) is 11.8 Å². The molecule has 1 aromatic rings. The number of hydrogen-bond acceptors (Lipinski definition) is 3. The van der Waals surface area contributed by atoms with Gasteiger partial charge in [0, 0.05) is 25.6 Å². The second-order valence-electron chi connectivity index (χ2n) is 6.24. The van der Waals surface area contributed by atoms with E-state index in [4.69, 9.17) is 5.73 Å². The van der Waals surface area contributed by atoms with E-state index in [1.165, 1.54) is 0 Å². The molecule has 6 heteroatoms. The van der Waals surface area contributed by atoms with Crippen LogP contribution in [0, 0.1) is 0 Å². The number of halogens is 1. The molecule has 5 nitrogen and oxygen atoms in total. The van der Waals surface area contributed by atoms with E-state index in [1.807, 2.05) is 37.3 Å². The lowest BCUT2D eigenvalue weighted by Crippen LogP contribution is -2.53. The van der Waals surface area contributed by atoms with Crippen LogP contribution < -0.4 is 11.1 Å². The molecule has 2 atom stereocenters. The van der Waals surface area contributed by atoms with Crippen molar-refractivity contribution in [2.45, 2.75) is 51.1 Å². The quantitative estimate of drug-likeness (QED) is 0.820. The minimum Gasteiger partial charge on any atom is -0.352 e. The number of nitrogens with two attached hydrogens (primary N) is 1. The zero-order chi connectivity index (χ0) is 16.7. The van der Waals surface area contributed by atoms with Crippen LogP contribution in [0.3, 0.4) is 0 Å². The van der Waals surface area contributed by atoms with Crippen molar-refractivity contribution in [1.29, 1.82) is 0 Å². The number of nitrogens with zero attached hydrogens (tertiary/aromatic N) is 1. The molecule has 1 fully saturated rings. The van der Waals surface area contributed by atoms with Crippen molar-refractivity contribution >= 4 is 24.2 Å². The highest BCUT2D eigenvalue weighted by Gasteiger charge is 2.27. The Kier molecular flexibility index (Phi) is 8.79. The van der Waals surface area contributed by atoms with E-state index in [1.54, 1.807) is 4.90 Å². The SMILES string of the molecule is CCCC(=O)NC1CCCN(C(=O)[C@@H](N)Cc2ccccc2)C1.Cl. The van der Waals surface area contributed by atoms with Crippen molar-refractivity contribution < 1.29 is 9.59 Å². The molecule has 0 aliphatic carbocycles. The van der Waals surface area contributed by atoms with E-state index in [0.29, 0.717) is 19.4 Å². The van der Waals surface area contributed by atoms with Gasteiger partial charge in [-0.2, -0.15) is 0 Å². The minimum absolute atomic E-state index is 0. The predicted octanol–water partition coefficient (Wildman–Crippen LogP) is 1.89. The van der Waals surface area contributed by atoms with Gasteiger partial charge in [-0.05, 0) is 31.2 Å². The van der Waals surface area contributed by atoms with Gasteiger partial charge in [0.15, 0.2) is 0 Å². The van der Waals surface area contributed by atoms with E-state index in [9.17, 15) is 9.59 Å². The summed E-state index contributed by atoms with van der Waals surface area (Å²) in [5.74, 6) is 0.0451. The summed E-state index contributed by atoms with van der Waals surface area (Å²) in [6.45, 7) is 3.27. The Labute approximate surface area is 150 Å². The molecule has 24 heavy (non-hydrogen) atoms. The van der Waals surface area contributed by atoms with Crippen molar-refractivity contribution in [3.63, 3.8) is 0 Å². The summed E-state index contributed by atoms with van der Waals surface area (Å²) in [7, 11) is 0. The zero-order valence-corrected chi connectivity index (χ0v) is 15.1. The maximum atomic E-state index is 12.5. The molecule has 0 aromatic heterocycles. The molecule has 0 radical (unpaired) electrons. The van der Waals surface area contributed by atoms with Gasteiger partial charge < -0.3 is 16.0 Å². The summed E-state index contributed by atoms with van der Waals surface area (Å²) in [5, 5.41) is 3.02. The maximum Gasteiger partial charge on any atom is 0.239 e. The van der Waals surface area contributed by atoms with Crippen LogP contribution in [0.4, 0.5) is 0 Å². The Balaban J connectivity index is 0.00000288. The van der Waals surface area contributed by atoms with Gasteiger partial charge in [-0.15, -0.1) is 12.4 Å². The molecule has 0 bridgehead atoms. The molecular weight excluding hydrogens is 326 g/mol. The van der Waals surface area contributed by atoms with Crippen LogP contribution in [-0.4, -0.2) is 41.9 Å². The van der Waals surface area contributed by atoms with Crippen LogP contribution in [-0.2, 0) is 16.0 Å². The van der Waals surface area contributed by atoms with Gasteiger partial charge in [0.25, 0.3) is 0 Å². The molecular formula is C18H28ClN3O2. The third-order valence-electron chi connectivity index (χ3n) is 4.19. The Morgan fingerprint density at radius 2 is 2.04 bits per heavy atom. The molecule has 2 amide bonds. The molecule has 0 spiro atoms. The number of nitrogens with one attached hydrogen (secondary N) is 1. The lowest BCUT2D eigenvalue weighted by molar-refractivity contribution is -0.134. The molecule has 1 saturated heterocycles. The van der Waals surface area contributed by atoms with Gasteiger partial charge in [-0.3, -0.25) is 9.59 Å². The fourth-order valence-electron chi connectivity index (χ4n) is 3.01. The smallest absolute Gasteiger partial charge is 0.239 e. The number of likely N-dealkylation sites (tertiary alicyclic amines) is 1. The van der Waals surface area contributed by atoms with Crippen LogP contribution in [0.15, 0.2) is 30.3 Å². The Morgan fingerprint density at radius 1 is 1.33 bits per heavy atom. The fraction of sp³-hybridized carbons (Fsp3) is 0.556. The molecule has 1 aliphatic heterocycles.